The number of nitrogens with one attached hydrogen (secondary N) is 2. The summed E-state index contributed by atoms with van der Waals surface area (Å²) in [5, 5.41) is 0. The first kappa shape index (κ1) is 19.7. The summed E-state index contributed by atoms with van der Waals surface area (Å²) >= 11 is 0. The van der Waals surface area contributed by atoms with E-state index in [0.29, 0.717) is 0 Å². The molecule has 0 saturated carbocycles. The number of aryl methyl sites for hydroxylation is 2. The van der Waals surface area contributed by atoms with Crippen molar-refractivity contribution in [1.29, 1.82) is 0 Å². The molecule has 0 aromatic carbocycles. The number of aromatic nitrogens is 4. The van der Waals surface area contributed by atoms with Crippen LogP contribution in [0.1, 0.15) is 26.7 Å². The van der Waals surface area contributed by atoms with Gasteiger partial charge in [0, 0.05) is 0 Å². The van der Waals surface area contributed by atoms with Crippen LogP contribution in [-0.4, -0.2) is 9.97 Å². The zero-order valence-electron chi connectivity index (χ0n) is 10.9. The Kier molecular flexibility index (Phi) is 14.0. The molecule has 0 aliphatic carbocycles. The second-order valence-corrected chi connectivity index (χ2v) is 3.70. The number of imidazole rings is 2. The van der Waals surface area contributed by atoms with Gasteiger partial charge >= 0.3 is 0 Å². The molecule has 2 N–H and O–H groups in total. The largest absolute Gasteiger partial charge is 1.00 e. The first-order valence-electron chi connectivity index (χ1n) is 5.90. The lowest BCUT2D eigenvalue weighted by atomic mass is 10.5. The third-order valence-corrected chi connectivity index (χ3v) is 2.17. The van der Waals surface area contributed by atoms with Crippen molar-refractivity contribution in [3.05, 3.63) is 37.4 Å². The van der Waals surface area contributed by atoms with E-state index < -0.39 is 0 Å². The van der Waals surface area contributed by atoms with Crippen LogP contribution in [0.15, 0.2) is 37.4 Å². The van der Waals surface area contributed by atoms with Gasteiger partial charge in [-0.2, -0.15) is 0 Å². The van der Waals surface area contributed by atoms with Crippen molar-refractivity contribution in [1.82, 2.24) is 9.97 Å². The molecule has 2 rings (SSSR count). The van der Waals surface area contributed by atoms with Gasteiger partial charge in [-0.1, -0.05) is 13.8 Å². The Balaban J connectivity index is 0. The van der Waals surface area contributed by atoms with Gasteiger partial charge in [0.2, 0.25) is 12.7 Å². The smallest absolute Gasteiger partial charge is 0.241 e. The molecule has 0 radical (unpaired) electrons. The maximum absolute atomic E-state index is 2.98. The number of aromatic amines is 2. The molecule has 0 saturated heterocycles. The molecule has 18 heavy (non-hydrogen) atoms. The van der Waals surface area contributed by atoms with E-state index in [9.17, 15) is 0 Å². The highest BCUT2D eigenvalue weighted by Crippen LogP contribution is 1.74. The van der Waals surface area contributed by atoms with E-state index >= 15 is 0 Å². The van der Waals surface area contributed by atoms with Crippen LogP contribution < -0.4 is 43.1 Å². The number of nitrogens with zero attached hydrogens (tertiary/aromatic N) is 2. The minimum atomic E-state index is 0. The lowest BCUT2D eigenvalue weighted by Crippen LogP contribution is -3.00. The maximum Gasteiger partial charge on any atom is 0.241 e. The Hall–Kier alpha value is -0.620. The third-order valence-electron chi connectivity index (χ3n) is 2.17. The molecule has 0 amide bonds. The molecule has 2 aromatic rings. The van der Waals surface area contributed by atoms with Crippen LogP contribution in [0.2, 0.25) is 0 Å². The van der Waals surface area contributed by atoms with Crippen molar-refractivity contribution in [2.75, 3.05) is 0 Å². The summed E-state index contributed by atoms with van der Waals surface area (Å²) in [6.07, 6.45) is 14.2. The van der Waals surface area contributed by atoms with Gasteiger partial charge in [-0.3, -0.25) is 9.97 Å². The first-order chi connectivity index (χ1) is 7.86. The van der Waals surface area contributed by atoms with Gasteiger partial charge < -0.3 is 34.0 Å². The first-order valence-corrected chi connectivity index (χ1v) is 5.90. The Morgan fingerprint density at radius 2 is 1.17 bits per heavy atom. The molecule has 0 unspecified atom stereocenters. The zero-order chi connectivity index (χ0) is 11.6. The van der Waals surface area contributed by atoms with Crippen LogP contribution >= 0.6 is 0 Å². The molecule has 0 fully saturated rings. The van der Waals surface area contributed by atoms with Gasteiger partial charge in [0.15, 0.2) is 0 Å². The Bertz CT molecular complexity index is 310. The summed E-state index contributed by atoms with van der Waals surface area (Å²) in [5.74, 6) is 0. The zero-order valence-corrected chi connectivity index (χ0v) is 14.1. The minimum Gasteiger partial charge on any atom is -1.00 e. The van der Waals surface area contributed by atoms with E-state index in [4.69, 9.17) is 0 Å². The normalized spacial score (nSPS) is 8.56. The third kappa shape index (κ3) is 8.47. The Morgan fingerprint density at radius 3 is 1.39 bits per heavy atom. The standard InChI is InChI=1S/2C6H10N2.2BrH/c2*1-2-4-8-5-3-7-6-8;;/h2*3,5-6H,2,4H2,1H3;2*1H. The molecule has 2 heterocycles. The van der Waals surface area contributed by atoms with Crippen molar-refractivity contribution in [3.63, 3.8) is 0 Å². The number of rotatable bonds is 4. The van der Waals surface area contributed by atoms with Crippen LogP contribution in [0.4, 0.5) is 0 Å². The summed E-state index contributed by atoms with van der Waals surface area (Å²) in [6.45, 7) is 6.56. The van der Waals surface area contributed by atoms with Crippen LogP contribution in [0, 0.1) is 0 Å². The van der Waals surface area contributed by atoms with Gasteiger partial charge in [-0.05, 0) is 12.8 Å². The van der Waals surface area contributed by atoms with Crippen molar-refractivity contribution >= 4 is 0 Å². The van der Waals surface area contributed by atoms with Crippen LogP contribution in [0.25, 0.3) is 0 Å². The summed E-state index contributed by atoms with van der Waals surface area (Å²) < 4.78 is 4.25. The van der Waals surface area contributed by atoms with E-state index in [2.05, 4.69) is 32.9 Å². The highest BCUT2D eigenvalue weighted by Gasteiger charge is 1.90. The van der Waals surface area contributed by atoms with E-state index in [1.54, 1.807) is 0 Å². The second kappa shape index (κ2) is 12.8. The fourth-order valence-corrected chi connectivity index (χ4v) is 1.44. The van der Waals surface area contributed by atoms with Gasteiger partial charge in [-0.15, -0.1) is 0 Å². The number of H-pyrrole nitrogens is 2. The monoisotopic (exact) mass is 380 g/mol. The highest BCUT2D eigenvalue weighted by atomic mass is 79.9. The lowest BCUT2D eigenvalue weighted by Gasteiger charge is -1.85. The summed E-state index contributed by atoms with van der Waals surface area (Å²) in [6, 6.07) is 0. The molecule has 104 valence electrons. The lowest BCUT2D eigenvalue weighted by molar-refractivity contribution is -0.695. The van der Waals surface area contributed by atoms with Crippen molar-refractivity contribution < 1.29 is 43.1 Å². The molecule has 0 bridgehead atoms. The number of hydrogen-bond donors (Lipinski definition) is 2. The van der Waals surface area contributed by atoms with Crippen LogP contribution in [0.3, 0.4) is 0 Å². The van der Waals surface area contributed by atoms with Crippen LogP contribution in [0.5, 0.6) is 0 Å². The average molecular weight is 382 g/mol. The van der Waals surface area contributed by atoms with Crippen molar-refractivity contribution in [3.8, 4) is 0 Å². The van der Waals surface area contributed by atoms with E-state index in [-0.39, 0.29) is 34.0 Å². The van der Waals surface area contributed by atoms with Gasteiger partial charge in [0.25, 0.3) is 0 Å². The predicted octanol–water partition coefficient (Wildman–Crippen LogP) is -4.57. The minimum absolute atomic E-state index is 0. The molecule has 0 aliphatic rings. The van der Waals surface area contributed by atoms with E-state index in [1.165, 1.54) is 12.8 Å². The summed E-state index contributed by atoms with van der Waals surface area (Å²) in [7, 11) is 0. The quantitative estimate of drug-likeness (QED) is 0.501. The maximum atomic E-state index is 2.98. The Morgan fingerprint density at radius 1 is 0.778 bits per heavy atom. The molecule has 4 nitrogen and oxygen atoms in total. The van der Waals surface area contributed by atoms with Crippen molar-refractivity contribution in [2.24, 2.45) is 0 Å². The van der Waals surface area contributed by atoms with E-state index in [1.807, 2.05) is 37.4 Å². The fourth-order valence-electron chi connectivity index (χ4n) is 1.44. The highest BCUT2D eigenvalue weighted by molar-refractivity contribution is 4.55. The average Bonchev–Trinajstić information content (AvgIpc) is 2.92. The Labute approximate surface area is 130 Å². The molecular formula is C12H22Br2N4. The summed E-state index contributed by atoms with van der Waals surface area (Å²) in [4.78, 5) is 5.96. The number of halogens is 2. The van der Waals surface area contributed by atoms with Crippen molar-refractivity contribution in [2.45, 2.75) is 39.8 Å². The SMILES string of the molecule is CCC[n+]1cc[nH]c1.CCC[n+]1cc[nH]c1.[Br-].[Br-]. The van der Waals surface area contributed by atoms with Gasteiger partial charge in [0.05, 0.1) is 13.1 Å². The molecule has 0 spiro atoms. The van der Waals surface area contributed by atoms with Crippen LogP contribution in [-0.2, 0) is 13.1 Å². The van der Waals surface area contributed by atoms with Gasteiger partial charge in [-0.25, -0.2) is 9.13 Å². The molecule has 6 heteroatoms. The number of hydrogen-bond acceptors (Lipinski definition) is 0. The molecule has 0 atom stereocenters. The second-order valence-electron chi connectivity index (χ2n) is 3.70. The van der Waals surface area contributed by atoms with Gasteiger partial charge in [0.1, 0.15) is 24.8 Å². The summed E-state index contributed by atoms with van der Waals surface area (Å²) in [5.41, 5.74) is 0. The molecular weight excluding hydrogens is 360 g/mol. The fraction of sp³-hybridized carbons (Fsp3) is 0.500. The molecule has 2 aromatic heterocycles. The topological polar surface area (TPSA) is 39.3 Å². The van der Waals surface area contributed by atoms with E-state index in [0.717, 1.165) is 13.1 Å². The molecule has 0 aliphatic heterocycles. The predicted molar refractivity (Wildman–Crippen MR) is 62.6 cm³/mol.